The zero-order valence-corrected chi connectivity index (χ0v) is 12.4. The van der Waals surface area contributed by atoms with E-state index in [0.29, 0.717) is 0 Å². The highest BCUT2D eigenvalue weighted by Gasteiger charge is 2.24. The summed E-state index contributed by atoms with van der Waals surface area (Å²) in [4.78, 5) is 13.7. The highest BCUT2D eigenvalue weighted by Crippen LogP contribution is 2.31. The predicted molar refractivity (Wildman–Crippen MR) is 79.0 cm³/mol. The normalized spacial score (nSPS) is 24.1. The van der Waals surface area contributed by atoms with Gasteiger partial charge in [-0.05, 0) is 26.3 Å². The molecule has 1 fully saturated rings. The summed E-state index contributed by atoms with van der Waals surface area (Å²) >= 11 is 1.77. The van der Waals surface area contributed by atoms with Crippen molar-refractivity contribution in [2.24, 2.45) is 0 Å². The molecule has 102 valence electrons. The molecule has 5 heteroatoms. The number of hydrogen-bond acceptors (Lipinski definition) is 5. The number of hydrogen-bond donors (Lipinski definition) is 0. The molecule has 0 unspecified atom stereocenters. The number of nitrogens with zero attached hydrogens (tertiary/aromatic N) is 3. The second kappa shape index (κ2) is 5.06. The Balaban J connectivity index is 2.01. The molecule has 3 rings (SSSR count). The molecule has 2 aromatic rings. The van der Waals surface area contributed by atoms with Gasteiger partial charge in [0.1, 0.15) is 17.0 Å². The van der Waals surface area contributed by atoms with Crippen LogP contribution in [0.15, 0.2) is 12.4 Å². The van der Waals surface area contributed by atoms with E-state index in [1.165, 1.54) is 10.3 Å². The summed E-state index contributed by atoms with van der Waals surface area (Å²) in [6.45, 7) is 8.20. The van der Waals surface area contributed by atoms with Gasteiger partial charge in [-0.25, -0.2) is 9.97 Å². The van der Waals surface area contributed by atoms with E-state index in [0.717, 1.165) is 30.2 Å². The van der Waals surface area contributed by atoms with Crippen LogP contribution in [-0.2, 0) is 11.2 Å². The molecule has 0 saturated carbocycles. The van der Waals surface area contributed by atoms with Gasteiger partial charge in [0.25, 0.3) is 0 Å². The molecule has 1 saturated heterocycles. The van der Waals surface area contributed by atoms with Crippen molar-refractivity contribution >= 4 is 27.4 Å². The minimum absolute atomic E-state index is 0.248. The van der Waals surface area contributed by atoms with Gasteiger partial charge in [0.2, 0.25) is 0 Å². The zero-order chi connectivity index (χ0) is 13.4. The van der Waals surface area contributed by atoms with E-state index in [-0.39, 0.29) is 12.2 Å². The number of anilines is 1. The maximum Gasteiger partial charge on any atom is 0.140 e. The first kappa shape index (κ1) is 12.8. The topological polar surface area (TPSA) is 38.2 Å². The van der Waals surface area contributed by atoms with Crippen molar-refractivity contribution in [2.75, 3.05) is 18.0 Å². The van der Waals surface area contributed by atoms with Gasteiger partial charge >= 0.3 is 0 Å². The van der Waals surface area contributed by atoms with E-state index in [9.17, 15) is 0 Å². The number of aromatic nitrogens is 2. The first-order valence-electron chi connectivity index (χ1n) is 6.81. The number of thiophene rings is 1. The highest BCUT2D eigenvalue weighted by molar-refractivity contribution is 7.18. The number of ether oxygens (including phenoxy) is 1. The Kier molecular flexibility index (Phi) is 3.41. The Hall–Kier alpha value is -1.20. The largest absolute Gasteiger partial charge is 0.372 e. The van der Waals surface area contributed by atoms with Crippen LogP contribution in [-0.4, -0.2) is 35.3 Å². The summed E-state index contributed by atoms with van der Waals surface area (Å²) < 4.78 is 5.79. The third kappa shape index (κ3) is 2.44. The fourth-order valence-corrected chi connectivity index (χ4v) is 3.60. The Morgan fingerprint density at radius 3 is 2.74 bits per heavy atom. The Labute approximate surface area is 117 Å². The van der Waals surface area contributed by atoms with Crippen molar-refractivity contribution in [3.63, 3.8) is 0 Å². The molecule has 0 bridgehead atoms. The standard InChI is InChI=1S/C14H19N3OS/c1-4-11-5-12-13(15-8-16-14(12)19-11)17-6-9(2)18-10(3)7-17/h5,8-10H,4,6-7H2,1-3H3/t9-,10-/m0/s1. The minimum Gasteiger partial charge on any atom is -0.372 e. The first-order valence-corrected chi connectivity index (χ1v) is 7.63. The summed E-state index contributed by atoms with van der Waals surface area (Å²) in [5.74, 6) is 1.06. The van der Waals surface area contributed by atoms with Gasteiger partial charge in [-0.2, -0.15) is 0 Å². The summed E-state index contributed by atoms with van der Waals surface area (Å²) in [6.07, 6.45) is 3.23. The molecule has 0 aliphatic carbocycles. The van der Waals surface area contributed by atoms with Gasteiger partial charge in [0.05, 0.1) is 17.6 Å². The Morgan fingerprint density at radius 1 is 1.32 bits per heavy atom. The van der Waals surface area contributed by atoms with Crippen molar-refractivity contribution in [1.82, 2.24) is 9.97 Å². The highest BCUT2D eigenvalue weighted by atomic mass is 32.1. The van der Waals surface area contributed by atoms with Crippen molar-refractivity contribution in [3.8, 4) is 0 Å². The van der Waals surface area contributed by atoms with Crippen molar-refractivity contribution in [3.05, 3.63) is 17.3 Å². The van der Waals surface area contributed by atoms with E-state index in [1.807, 2.05) is 0 Å². The lowest BCUT2D eigenvalue weighted by molar-refractivity contribution is -0.00537. The number of rotatable bonds is 2. The molecule has 0 aromatic carbocycles. The molecular weight excluding hydrogens is 258 g/mol. The van der Waals surface area contributed by atoms with Crippen LogP contribution in [0.25, 0.3) is 10.2 Å². The second-order valence-electron chi connectivity index (χ2n) is 5.14. The molecule has 2 aromatic heterocycles. The fourth-order valence-electron chi connectivity index (χ4n) is 2.67. The maximum absolute atomic E-state index is 5.79. The smallest absolute Gasteiger partial charge is 0.140 e. The van der Waals surface area contributed by atoms with Crippen LogP contribution < -0.4 is 4.90 Å². The third-order valence-corrected chi connectivity index (χ3v) is 4.61. The van der Waals surface area contributed by atoms with E-state index in [4.69, 9.17) is 4.74 Å². The van der Waals surface area contributed by atoms with Crippen molar-refractivity contribution in [1.29, 1.82) is 0 Å². The molecule has 4 nitrogen and oxygen atoms in total. The van der Waals surface area contributed by atoms with Crippen LogP contribution in [0.5, 0.6) is 0 Å². The SMILES string of the molecule is CCc1cc2c(N3C[C@H](C)O[C@@H](C)C3)ncnc2s1. The molecule has 0 amide bonds. The quantitative estimate of drug-likeness (QED) is 0.846. The second-order valence-corrected chi connectivity index (χ2v) is 6.26. The number of morpholine rings is 1. The lowest BCUT2D eigenvalue weighted by Crippen LogP contribution is -2.45. The van der Waals surface area contributed by atoms with E-state index >= 15 is 0 Å². The number of fused-ring (bicyclic) bond motifs is 1. The molecule has 3 heterocycles. The average Bonchev–Trinajstić information content (AvgIpc) is 2.80. The number of aryl methyl sites for hydroxylation is 1. The summed E-state index contributed by atoms with van der Waals surface area (Å²) in [5.41, 5.74) is 0. The molecule has 2 atom stereocenters. The summed E-state index contributed by atoms with van der Waals surface area (Å²) in [5, 5.41) is 1.19. The lowest BCUT2D eigenvalue weighted by Gasteiger charge is -2.36. The van der Waals surface area contributed by atoms with Crippen LogP contribution in [0, 0.1) is 0 Å². The van der Waals surface area contributed by atoms with Gasteiger partial charge < -0.3 is 9.64 Å². The molecule has 0 N–H and O–H groups in total. The fraction of sp³-hybridized carbons (Fsp3) is 0.571. The zero-order valence-electron chi connectivity index (χ0n) is 11.6. The van der Waals surface area contributed by atoms with E-state index in [1.54, 1.807) is 17.7 Å². The minimum atomic E-state index is 0.248. The summed E-state index contributed by atoms with van der Waals surface area (Å²) in [7, 11) is 0. The maximum atomic E-state index is 5.79. The molecule has 0 radical (unpaired) electrons. The first-order chi connectivity index (χ1) is 9.17. The molecule has 1 aliphatic heterocycles. The summed E-state index contributed by atoms with van der Waals surface area (Å²) in [6, 6.07) is 2.24. The van der Waals surface area contributed by atoms with Gasteiger partial charge in [0.15, 0.2) is 0 Å². The van der Waals surface area contributed by atoms with Gasteiger partial charge in [-0.3, -0.25) is 0 Å². The average molecular weight is 277 g/mol. The van der Waals surface area contributed by atoms with Crippen LogP contribution in [0.2, 0.25) is 0 Å². The third-order valence-electron chi connectivity index (χ3n) is 3.43. The Morgan fingerprint density at radius 2 is 2.05 bits per heavy atom. The van der Waals surface area contributed by atoms with Gasteiger partial charge in [-0.1, -0.05) is 6.92 Å². The van der Waals surface area contributed by atoms with Crippen LogP contribution in [0.4, 0.5) is 5.82 Å². The van der Waals surface area contributed by atoms with Crippen LogP contribution in [0.3, 0.4) is 0 Å². The Bertz CT molecular complexity index is 573. The van der Waals surface area contributed by atoms with E-state index < -0.39 is 0 Å². The molecule has 19 heavy (non-hydrogen) atoms. The molecule has 0 spiro atoms. The predicted octanol–water partition coefficient (Wildman–Crippen LogP) is 2.87. The van der Waals surface area contributed by atoms with Crippen LogP contribution >= 0.6 is 11.3 Å². The van der Waals surface area contributed by atoms with Crippen LogP contribution in [0.1, 0.15) is 25.6 Å². The van der Waals surface area contributed by atoms with Crippen molar-refractivity contribution in [2.45, 2.75) is 39.4 Å². The van der Waals surface area contributed by atoms with Gasteiger partial charge in [0, 0.05) is 18.0 Å². The van der Waals surface area contributed by atoms with Crippen molar-refractivity contribution < 1.29 is 4.74 Å². The van der Waals surface area contributed by atoms with E-state index in [2.05, 4.69) is 41.7 Å². The molecular formula is C14H19N3OS. The molecule has 1 aliphatic rings. The monoisotopic (exact) mass is 277 g/mol. The lowest BCUT2D eigenvalue weighted by atomic mass is 10.2. The van der Waals surface area contributed by atoms with Gasteiger partial charge in [-0.15, -0.1) is 11.3 Å².